The predicted molar refractivity (Wildman–Crippen MR) is 94.1 cm³/mol. The topological polar surface area (TPSA) is 52.7 Å². The number of piperazine rings is 1. The van der Waals surface area contributed by atoms with Gasteiger partial charge in [0, 0.05) is 56.8 Å². The van der Waals surface area contributed by atoms with E-state index in [9.17, 15) is 5.11 Å². The number of furan rings is 1. The molecule has 2 aromatic rings. The zero-order valence-electron chi connectivity index (χ0n) is 13.4. The van der Waals surface area contributed by atoms with E-state index in [0.717, 1.165) is 43.9 Å². The van der Waals surface area contributed by atoms with Crippen molar-refractivity contribution < 1.29 is 9.52 Å². The smallest absolute Gasteiger partial charge is 0.117 e. The lowest BCUT2D eigenvalue weighted by Gasteiger charge is -2.41. The molecule has 2 aromatic heterocycles. The van der Waals surface area contributed by atoms with Gasteiger partial charge in [-0.05, 0) is 18.6 Å². The third-order valence-electron chi connectivity index (χ3n) is 4.42. The number of hydrogen-bond acceptors (Lipinski definition) is 5. The first-order chi connectivity index (χ1) is 11.7. The number of rotatable bonds is 6. The van der Waals surface area contributed by atoms with Crippen molar-refractivity contribution in [1.82, 2.24) is 14.8 Å². The fourth-order valence-corrected chi connectivity index (χ4v) is 3.63. The summed E-state index contributed by atoms with van der Waals surface area (Å²) in [6.07, 6.45) is 5.68. The zero-order valence-corrected chi connectivity index (χ0v) is 14.9. The molecule has 7 heteroatoms. The molecular weight excluding hydrogens is 349 g/mol. The van der Waals surface area contributed by atoms with Crippen LogP contribution >= 0.6 is 23.2 Å². The average molecular weight is 370 g/mol. The van der Waals surface area contributed by atoms with E-state index >= 15 is 0 Å². The number of pyridine rings is 1. The first kappa shape index (κ1) is 17.7. The maximum Gasteiger partial charge on any atom is 0.117 e. The van der Waals surface area contributed by atoms with Crippen LogP contribution in [0.5, 0.6) is 0 Å². The quantitative estimate of drug-likeness (QED) is 0.847. The summed E-state index contributed by atoms with van der Waals surface area (Å²) >= 11 is 12.5. The molecule has 1 N–H and O–H groups in total. The van der Waals surface area contributed by atoms with Crippen LogP contribution in [-0.2, 0) is 13.1 Å². The highest BCUT2D eigenvalue weighted by atomic mass is 35.5. The minimum atomic E-state index is 0.171. The van der Waals surface area contributed by atoms with Crippen LogP contribution in [0.2, 0.25) is 10.0 Å². The van der Waals surface area contributed by atoms with Gasteiger partial charge < -0.3 is 9.52 Å². The molecule has 1 saturated heterocycles. The van der Waals surface area contributed by atoms with E-state index in [0.29, 0.717) is 16.6 Å². The number of halogens is 2. The lowest BCUT2D eigenvalue weighted by Crippen LogP contribution is -2.52. The fraction of sp³-hybridized carbons (Fsp3) is 0.471. The van der Waals surface area contributed by atoms with Gasteiger partial charge in [-0.15, -0.1) is 0 Å². The van der Waals surface area contributed by atoms with Crippen molar-refractivity contribution in [3.8, 4) is 0 Å². The molecular formula is C17H21Cl2N3O2. The second-order valence-electron chi connectivity index (χ2n) is 6.03. The molecule has 3 heterocycles. The van der Waals surface area contributed by atoms with Crippen LogP contribution in [0.1, 0.15) is 17.7 Å². The first-order valence-corrected chi connectivity index (χ1v) is 8.80. The lowest BCUT2D eigenvalue weighted by atomic mass is 10.1. The highest BCUT2D eigenvalue weighted by Gasteiger charge is 2.28. The van der Waals surface area contributed by atoms with Gasteiger partial charge in [0.25, 0.3) is 0 Å². The fourth-order valence-electron chi connectivity index (χ4n) is 3.15. The van der Waals surface area contributed by atoms with Crippen molar-refractivity contribution in [3.05, 3.63) is 52.2 Å². The summed E-state index contributed by atoms with van der Waals surface area (Å²) < 4.78 is 5.46. The molecule has 24 heavy (non-hydrogen) atoms. The van der Waals surface area contributed by atoms with E-state index in [-0.39, 0.29) is 12.6 Å². The second-order valence-corrected chi connectivity index (χ2v) is 6.85. The van der Waals surface area contributed by atoms with Gasteiger partial charge in [-0.3, -0.25) is 14.8 Å². The van der Waals surface area contributed by atoms with Gasteiger partial charge in [-0.2, -0.15) is 0 Å². The minimum Gasteiger partial charge on any atom is -0.468 e. The number of nitrogens with zero attached hydrogens (tertiary/aromatic N) is 3. The van der Waals surface area contributed by atoms with Crippen LogP contribution in [0, 0.1) is 0 Å². The maximum absolute atomic E-state index is 9.41. The van der Waals surface area contributed by atoms with E-state index in [1.165, 1.54) is 0 Å². The molecule has 0 saturated carbocycles. The van der Waals surface area contributed by atoms with Crippen LogP contribution in [0.3, 0.4) is 0 Å². The Hall–Kier alpha value is -1.11. The number of aromatic nitrogens is 1. The van der Waals surface area contributed by atoms with Gasteiger partial charge in [0.2, 0.25) is 0 Å². The van der Waals surface area contributed by atoms with E-state index in [1.807, 2.05) is 12.1 Å². The molecule has 5 nitrogen and oxygen atoms in total. The Morgan fingerprint density at radius 1 is 1.21 bits per heavy atom. The van der Waals surface area contributed by atoms with Crippen molar-refractivity contribution in [2.45, 2.75) is 25.6 Å². The minimum absolute atomic E-state index is 0.171. The third-order valence-corrected chi connectivity index (χ3v) is 5.08. The van der Waals surface area contributed by atoms with Gasteiger partial charge in [0.15, 0.2) is 0 Å². The van der Waals surface area contributed by atoms with E-state index in [1.54, 1.807) is 18.7 Å². The number of aliphatic hydroxyl groups excluding tert-OH is 1. The summed E-state index contributed by atoms with van der Waals surface area (Å²) in [7, 11) is 0. The lowest BCUT2D eigenvalue weighted by molar-refractivity contribution is 0.0456. The van der Waals surface area contributed by atoms with Crippen LogP contribution in [0.25, 0.3) is 0 Å². The van der Waals surface area contributed by atoms with Crippen molar-refractivity contribution >= 4 is 23.2 Å². The Morgan fingerprint density at radius 3 is 2.67 bits per heavy atom. The van der Waals surface area contributed by atoms with Gasteiger partial charge in [-0.25, -0.2) is 0 Å². The normalized spacial score (nSPS) is 19.7. The highest BCUT2D eigenvalue weighted by molar-refractivity contribution is 6.35. The van der Waals surface area contributed by atoms with Gasteiger partial charge in [0.05, 0.1) is 22.9 Å². The van der Waals surface area contributed by atoms with E-state index < -0.39 is 0 Å². The monoisotopic (exact) mass is 369 g/mol. The summed E-state index contributed by atoms with van der Waals surface area (Å²) in [5.74, 6) is 0.951. The number of hydrogen-bond donors (Lipinski definition) is 1. The molecule has 0 radical (unpaired) electrons. The van der Waals surface area contributed by atoms with E-state index in [2.05, 4.69) is 14.8 Å². The molecule has 0 bridgehead atoms. The summed E-state index contributed by atoms with van der Waals surface area (Å²) in [5.41, 5.74) is 0.913. The molecule has 0 aromatic carbocycles. The Balaban J connectivity index is 1.66. The summed E-state index contributed by atoms with van der Waals surface area (Å²) in [6, 6.07) is 4.16. The molecule has 0 unspecified atom stereocenters. The van der Waals surface area contributed by atoms with Crippen LogP contribution in [-0.4, -0.2) is 52.2 Å². The van der Waals surface area contributed by atoms with Crippen LogP contribution in [0.15, 0.2) is 35.2 Å². The summed E-state index contributed by atoms with van der Waals surface area (Å²) in [6.45, 7) is 4.31. The molecule has 1 aliphatic rings. The second kappa shape index (κ2) is 8.32. The van der Waals surface area contributed by atoms with Crippen LogP contribution < -0.4 is 0 Å². The Bertz CT molecular complexity index is 631. The molecule has 130 valence electrons. The first-order valence-electron chi connectivity index (χ1n) is 8.05. The average Bonchev–Trinajstić information content (AvgIpc) is 3.07. The Kier molecular flexibility index (Phi) is 6.14. The largest absolute Gasteiger partial charge is 0.468 e. The molecule has 1 fully saturated rings. The number of aliphatic hydroxyl groups is 1. The van der Waals surface area contributed by atoms with Crippen molar-refractivity contribution in [3.63, 3.8) is 0 Å². The van der Waals surface area contributed by atoms with Crippen molar-refractivity contribution in [2.24, 2.45) is 0 Å². The Morgan fingerprint density at radius 2 is 2.00 bits per heavy atom. The predicted octanol–water partition coefficient (Wildman–Crippen LogP) is 3.05. The van der Waals surface area contributed by atoms with Gasteiger partial charge >= 0.3 is 0 Å². The summed E-state index contributed by atoms with van der Waals surface area (Å²) in [5, 5.41) is 10.6. The highest BCUT2D eigenvalue weighted by Crippen LogP contribution is 2.26. The molecule has 0 amide bonds. The molecule has 1 atom stereocenters. The Labute approximate surface area is 151 Å². The van der Waals surface area contributed by atoms with Gasteiger partial charge in [0.1, 0.15) is 5.76 Å². The van der Waals surface area contributed by atoms with Gasteiger partial charge in [-0.1, -0.05) is 23.2 Å². The third kappa shape index (κ3) is 4.29. The molecule has 3 rings (SSSR count). The SMILES string of the molecule is OCC[C@H]1CN(Cc2c(Cl)cncc2Cl)CCN1Cc1ccco1. The molecule has 1 aliphatic heterocycles. The standard InChI is InChI=1S/C17H21Cl2N3O2/c18-16-8-20-9-17(19)15(16)12-21-4-5-22(13(10-21)3-6-23)11-14-2-1-7-24-14/h1-2,7-9,13,23H,3-6,10-12H2/t13-/m0/s1. The van der Waals surface area contributed by atoms with Crippen LogP contribution in [0.4, 0.5) is 0 Å². The maximum atomic E-state index is 9.41. The molecule has 0 aliphatic carbocycles. The van der Waals surface area contributed by atoms with Crippen molar-refractivity contribution in [2.75, 3.05) is 26.2 Å². The zero-order chi connectivity index (χ0) is 16.9. The molecule has 0 spiro atoms. The summed E-state index contributed by atoms with van der Waals surface area (Å²) in [4.78, 5) is 8.69. The van der Waals surface area contributed by atoms with Crippen molar-refractivity contribution in [1.29, 1.82) is 0 Å². The van der Waals surface area contributed by atoms with E-state index in [4.69, 9.17) is 27.6 Å².